The van der Waals surface area contributed by atoms with E-state index < -0.39 is 6.04 Å². The van der Waals surface area contributed by atoms with Crippen LogP contribution in [0.1, 0.15) is 11.1 Å². The van der Waals surface area contributed by atoms with Gasteiger partial charge < -0.3 is 15.4 Å². The quantitative estimate of drug-likeness (QED) is 0.852. The summed E-state index contributed by atoms with van der Waals surface area (Å²) in [7, 11) is 1.55. The molecular weight excluding hydrogens is 276 g/mol. The second-order valence-corrected chi connectivity index (χ2v) is 5.23. The van der Waals surface area contributed by atoms with Crippen molar-refractivity contribution in [3.63, 3.8) is 0 Å². The van der Waals surface area contributed by atoms with Gasteiger partial charge in [0, 0.05) is 20.2 Å². The van der Waals surface area contributed by atoms with Gasteiger partial charge in [-0.15, -0.1) is 0 Å². The van der Waals surface area contributed by atoms with Gasteiger partial charge >= 0.3 is 0 Å². The van der Waals surface area contributed by atoms with E-state index >= 15 is 0 Å². The Balaban J connectivity index is 2.14. The lowest BCUT2D eigenvalue weighted by atomic mass is 10.1. The third-order valence-corrected chi connectivity index (χ3v) is 3.41. The molecule has 1 atom stereocenters. The molecule has 2 aromatic carbocycles. The maximum Gasteiger partial charge on any atom is 0.242 e. The van der Waals surface area contributed by atoms with Gasteiger partial charge in [-0.25, -0.2) is 0 Å². The maximum atomic E-state index is 12.6. The van der Waals surface area contributed by atoms with Crippen LogP contribution in [0.4, 0.5) is 0 Å². The minimum absolute atomic E-state index is 0.102. The van der Waals surface area contributed by atoms with E-state index in [2.05, 4.69) is 0 Å². The van der Waals surface area contributed by atoms with Crippen molar-refractivity contribution in [3.05, 3.63) is 71.8 Å². The van der Waals surface area contributed by atoms with Gasteiger partial charge in [-0.2, -0.15) is 0 Å². The first kappa shape index (κ1) is 16.2. The van der Waals surface area contributed by atoms with E-state index in [-0.39, 0.29) is 12.5 Å². The zero-order valence-corrected chi connectivity index (χ0v) is 12.8. The van der Waals surface area contributed by atoms with Gasteiger partial charge in [-0.05, 0) is 11.1 Å². The fraction of sp³-hybridized carbons (Fsp3) is 0.278. The van der Waals surface area contributed by atoms with Crippen LogP contribution >= 0.6 is 0 Å². The first-order chi connectivity index (χ1) is 10.7. The van der Waals surface area contributed by atoms with Gasteiger partial charge in [0.1, 0.15) is 6.04 Å². The number of rotatable bonds is 7. The number of hydrogen-bond acceptors (Lipinski definition) is 3. The summed E-state index contributed by atoms with van der Waals surface area (Å²) in [6.07, 6.45) is 0. The third-order valence-electron chi connectivity index (χ3n) is 3.41. The Labute approximate surface area is 131 Å². The third kappa shape index (κ3) is 4.69. The predicted octanol–water partition coefficient (Wildman–Crippen LogP) is 2.19. The van der Waals surface area contributed by atoms with Crippen LogP contribution in [0.3, 0.4) is 0 Å². The minimum atomic E-state index is -0.641. The molecule has 0 aliphatic heterocycles. The van der Waals surface area contributed by atoms with Crippen LogP contribution in [-0.2, 0) is 22.6 Å². The van der Waals surface area contributed by atoms with Crippen molar-refractivity contribution >= 4 is 5.91 Å². The molecule has 116 valence electrons. The Bertz CT molecular complexity index is 531. The molecule has 0 bridgehead atoms. The Morgan fingerprint density at radius 3 is 1.86 bits per heavy atom. The highest BCUT2D eigenvalue weighted by atomic mass is 16.5. The number of benzene rings is 2. The number of carbonyl (C=O) groups is 1. The number of nitrogens with two attached hydrogens (primary N) is 1. The van der Waals surface area contributed by atoms with E-state index in [0.717, 1.165) is 11.1 Å². The molecule has 2 aromatic rings. The van der Waals surface area contributed by atoms with Crippen LogP contribution in [0.2, 0.25) is 0 Å². The number of carbonyl (C=O) groups excluding carboxylic acids is 1. The van der Waals surface area contributed by atoms with E-state index in [1.165, 1.54) is 0 Å². The summed E-state index contributed by atoms with van der Waals surface area (Å²) < 4.78 is 5.00. The van der Waals surface area contributed by atoms with E-state index in [1.54, 1.807) is 12.0 Å². The van der Waals surface area contributed by atoms with Crippen molar-refractivity contribution in [2.45, 2.75) is 19.1 Å². The summed E-state index contributed by atoms with van der Waals surface area (Å²) >= 11 is 0. The zero-order chi connectivity index (χ0) is 15.8. The van der Waals surface area contributed by atoms with Crippen molar-refractivity contribution in [3.8, 4) is 0 Å². The van der Waals surface area contributed by atoms with Crippen molar-refractivity contribution in [2.75, 3.05) is 13.7 Å². The predicted molar refractivity (Wildman–Crippen MR) is 87.0 cm³/mol. The Kier molecular flexibility index (Phi) is 6.13. The monoisotopic (exact) mass is 298 g/mol. The van der Waals surface area contributed by atoms with Crippen LogP contribution in [0.5, 0.6) is 0 Å². The number of methoxy groups -OCH3 is 1. The highest BCUT2D eigenvalue weighted by Crippen LogP contribution is 2.11. The average Bonchev–Trinajstić information content (AvgIpc) is 2.56. The number of amides is 1. The number of ether oxygens (including phenoxy) is 1. The summed E-state index contributed by atoms with van der Waals surface area (Å²) in [6.45, 7) is 1.29. The van der Waals surface area contributed by atoms with Crippen molar-refractivity contribution in [2.24, 2.45) is 5.73 Å². The second-order valence-electron chi connectivity index (χ2n) is 5.23. The van der Waals surface area contributed by atoms with Gasteiger partial charge in [0.2, 0.25) is 5.91 Å². The lowest BCUT2D eigenvalue weighted by Crippen LogP contribution is -2.45. The van der Waals surface area contributed by atoms with E-state index in [0.29, 0.717) is 13.1 Å². The van der Waals surface area contributed by atoms with Gasteiger partial charge in [0.25, 0.3) is 0 Å². The molecule has 4 heteroatoms. The molecule has 0 unspecified atom stereocenters. The largest absolute Gasteiger partial charge is 0.383 e. The average molecular weight is 298 g/mol. The van der Waals surface area contributed by atoms with Crippen molar-refractivity contribution < 1.29 is 9.53 Å². The topological polar surface area (TPSA) is 55.6 Å². The second kappa shape index (κ2) is 8.32. The van der Waals surface area contributed by atoms with Gasteiger partial charge in [0.15, 0.2) is 0 Å². The molecule has 0 saturated carbocycles. The number of hydrogen-bond donors (Lipinski definition) is 1. The molecule has 22 heavy (non-hydrogen) atoms. The van der Waals surface area contributed by atoms with Gasteiger partial charge in [-0.1, -0.05) is 60.7 Å². The SMILES string of the molecule is COC[C@H](N)C(=O)N(Cc1ccccc1)Cc1ccccc1. The standard InChI is InChI=1S/C18H22N2O2/c1-22-14-17(19)18(21)20(12-15-8-4-2-5-9-15)13-16-10-6-3-7-11-16/h2-11,17H,12-14,19H2,1H3/t17-/m0/s1. The Hall–Kier alpha value is -2.17. The molecule has 0 radical (unpaired) electrons. The van der Waals surface area contributed by atoms with Crippen LogP contribution in [0.25, 0.3) is 0 Å². The molecule has 0 aromatic heterocycles. The van der Waals surface area contributed by atoms with Crippen LogP contribution < -0.4 is 5.73 Å². The molecule has 0 heterocycles. The highest BCUT2D eigenvalue weighted by molar-refractivity contribution is 5.81. The summed E-state index contributed by atoms with van der Waals surface area (Å²) in [5.74, 6) is -0.102. The summed E-state index contributed by atoms with van der Waals surface area (Å²) in [4.78, 5) is 14.3. The van der Waals surface area contributed by atoms with E-state index in [4.69, 9.17) is 10.5 Å². The Morgan fingerprint density at radius 1 is 1.00 bits per heavy atom. The minimum Gasteiger partial charge on any atom is -0.383 e. The normalized spacial score (nSPS) is 11.9. The summed E-state index contributed by atoms with van der Waals surface area (Å²) in [6, 6.07) is 19.2. The molecule has 4 nitrogen and oxygen atoms in total. The summed E-state index contributed by atoms with van der Waals surface area (Å²) in [5.41, 5.74) is 8.08. The van der Waals surface area contributed by atoms with Crippen LogP contribution in [0, 0.1) is 0 Å². The van der Waals surface area contributed by atoms with Crippen molar-refractivity contribution in [1.82, 2.24) is 4.90 Å². The molecule has 0 saturated heterocycles. The molecule has 0 spiro atoms. The first-order valence-corrected chi connectivity index (χ1v) is 7.32. The van der Waals surface area contributed by atoms with Gasteiger partial charge in [0.05, 0.1) is 6.61 Å². The fourth-order valence-corrected chi connectivity index (χ4v) is 2.30. The molecule has 0 fully saturated rings. The lowest BCUT2D eigenvalue weighted by molar-refractivity contribution is -0.135. The zero-order valence-electron chi connectivity index (χ0n) is 12.8. The van der Waals surface area contributed by atoms with E-state index in [1.807, 2.05) is 60.7 Å². The smallest absolute Gasteiger partial charge is 0.242 e. The fourth-order valence-electron chi connectivity index (χ4n) is 2.30. The number of nitrogens with zero attached hydrogens (tertiary/aromatic N) is 1. The maximum absolute atomic E-state index is 12.6. The lowest BCUT2D eigenvalue weighted by Gasteiger charge is -2.26. The van der Waals surface area contributed by atoms with Crippen molar-refractivity contribution in [1.29, 1.82) is 0 Å². The van der Waals surface area contributed by atoms with E-state index in [9.17, 15) is 4.79 Å². The van der Waals surface area contributed by atoms with Crippen LogP contribution in [-0.4, -0.2) is 30.6 Å². The highest BCUT2D eigenvalue weighted by Gasteiger charge is 2.21. The molecule has 2 rings (SSSR count). The first-order valence-electron chi connectivity index (χ1n) is 7.32. The molecule has 1 amide bonds. The molecule has 0 aliphatic carbocycles. The Morgan fingerprint density at radius 2 is 1.45 bits per heavy atom. The summed E-state index contributed by atoms with van der Waals surface area (Å²) in [5, 5.41) is 0. The van der Waals surface area contributed by atoms with Gasteiger partial charge in [-0.3, -0.25) is 4.79 Å². The molecule has 0 aliphatic rings. The molecule has 2 N–H and O–H groups in total. The van der Waals surface area contributed by atoms with Crippen LogP contribution in [0.15, 0.2) is 60.7 Å². The molecular formula is C18H22N2O2.